The molecule has 51 heavy (non-hydrogen) atoms. The molecule has 0 bridgehead atoms. The summed E-state index contributed by atoms with van der Waals surface area (Å²) in [6.45, 7) is 9.43. The molecule has 6 aromatic rings. The first-order valence-electron chi connectivity index (χ1n) is 17.2. The van der Waals surface area contributed by atoms with Crippen LogP contribution in [-0.2, 0) is 14.9 Å². The fourth-order valence-corrected chi connectivity index (χ4v) is 5.53. The van der Waals surface area contributed by atoms with Crippen LogP contribution >= 0.6 is 0 Å². The van der Waals surface area contributed by atoms with Crippen LogP contribution in [0.15, 0.2) is 168 Å². The fourth-order valence-electron chi connectivity index (χ4n) is 5.53. The van der Waals surface area contributed by atoms with Crippen molar-refractivity contribution in [2.24, 2.45) is 9.98 Å². The fraction of sp³-hybridized carbons (Fsp3) is 0.156. The Balaban J connectivity index is 1.07. The van der Waals surface area contributed by atoms with Gasteiger partial charge in [-0.3, -0.25) is 0 Å². The molecular formula is C45H42N2O4. The molecule has 0 radical (unpaired) electrons. The number of benzene rings is 6. The molecular weight excluding hydrogens is 633 g/mol. The lowest BCUT2D eigenvalue weighted by molar-refractivity contribution is 0.328. The van der Waals surface area contributed by atoms with Crippen LogP contribution in [0.2, 0.25) is 0 Å². The zero-order chi connectivity index (χ0) is 35.5. The van der Waals surface area contributed by atoms with Crippen LogP contribution in [0.1, 0.15) is 49.9 Å². The summed E-state index contributed by atoms with van der Waals surface area (Å²) < 4.78 is 23.9. The van der Waals surface area contributed by atoms with Gasteiger partial charge in [0.05, 0.1) is 24.6 Å². The highest BCUT2D eigenvalue weighted by Gasteiger charge is 2.23. The zero-order valence-electron chi connectivity index (χ0n) is 29.5. The van der Waals surface area contributed by atoms with Crippen molar-refractivity contribution in [3.8, 4) is 23.0 Å². The first-order chi connectivity index (χ1) is 24.9. The Hall–Kier alpha value is -6.14. The summed E-state index contributed by atoms with van der Waals surface area (Å²) in [5.41, 5.74) is 5.59. The monoisotopic (exact) mass is 674 g/mol. The van der Waals surface area contributed by atoms with Gasteiger partial charge in [-0.15, -0.1) is 0 Å². The van der Waals surface area contributed by atoms with Crippen molar-refractivity contribution < 1.29 is 18.9 Å². The van der Waals surface area contributed by atoms with Gasteiger partial charge in [0.1, 0.15) is 23.0 Å². The number of hydrogen-bond donors (Lipinski definition) is 0. The van der Waals surface area contributed by atoms with Crippen molar-refractivity contribution in [1.82, 2.24) is 0 Å². The summed E-state index contributed by atoms with van der Waals surface area (Å²) in [5, 5.41) is 0. The van der Waals surface area contributed by atoms with E-state index >= 15 is 0 Å². The number of ether oxygens (including phenoxy) is 4. The van der Waals surface area contributed by atoms with Gasteiger partial charge < -0.3 is 18.9 Å². The second kappa shape index (κ2) is 16.5. The molecule has 256 valence electrons. The van der Waals surface area contributed by atoms with Gasteiger partial charge in [0.25, 0.3) is 0 Å². The average molecular weight is 675 g/mol. The number of hydrogen-bond acceptors (Lipinski definition) is 6. The van der Waals surface area contributed by atoms with E-state index in [4.69, 9.17) is 28.9 Å². The van der Waals surface area contributed by atoms with E-state index in [1.165, 1.54) is 11.1 Å². The van der Waals surface area contributed by atoms with E-state index in [2.05, 4.69) is 38.1 Å². The van der Waals surface area contributed by atoms with Gasteiger partial charge >= 0.3 is 0 Å². The molecule has 0 heterocycles. The Labute approximate surface area is 300 Å². The van der Waals surface area contributed by atoms with Crippen LogP contribution in [-0.4, -0.2) is 25.0 Å². The highest BCUT2D eigenvalue weighted by atomic mass is 16.5. The minimum atomic E-state index is -0.232. The maximum absolute atomic E-state index is 6.16. The first kappa shape index (κ1) is 34.7. The van der Waals surface area contributed by atoms with Gasteiger partial charge in [0, 0.05) is 16.5 Å². The van der Waals surface area contributed by atoms with E-state index in [0.717, 1.165) is 45.5 Å². The quantitative estimate of drug-likeness (QED) is 0.0957. The van der Waals surface area contributed by atoms with Crippen LogP contribution in [0.3, 0.4) is 0 Å². The van der Waals surface area contributed by atoms with Crippen molar-refractivity contribution in [3.63, 3.8) is 0 Å². The lowest BCUT2D eigenvalue weighted by Gasteiger charge is -2.26. The van der Waals surface area contributed by atoms with Gasteiger partial charge in [-0.25, -0.2) is 9.98 Å². The summed E-state index contributed by atoms with van der Waals surface area (Å²) in [6.07, 6.45) is 0. The second-order valence-electron chi connectivity index (χ2n) is 12.3. The molecule has 0 aliphatic carbocycles. The Morgan fingerprint density at radius 3 is 1.06 bits per heavy atom. The van der Waals surface area contributed by atoms with Crippen molar-refractivity contribution in [1.29, 1.82) is 0 Å². The van der Waals surface area contributed by atoms with E-state index in [1.54, 1.807) is 0 Å². The molecule has 6 rings (SSSR count). The molecule has 0 spiro atoms. The predicted molar refractivity (Wildman–Crippen MR) is 207 cm³/mol. The van der Waals surface area contributed by atoms with Gasteiger partial charge in [0.2, 0.25) is 11.8 Å². The van der Waals surface area contributed by atoms with Gasteiger partial charge in [0.15, 0.2) is 0 Å². The predicted octanol–water partition coefficient (Wildman–Crippen LogP) is 11.8. The molecule has 0 amide bonds. The molecule has 0 fully saturated rings. The minimum absolute atomic E-state index is 0.232. The molecule has 0 atom stereocenters. The molecule has 0 aliphatic heterocycles. The normalized spacial score (nSPS) is 11.9. The van der Waals surface area contributed by atoms with E-state index in [1.807, 2.05) is 147 Å². The lowest BCUT2D eigenvalue weighted by atomic mass is 9.78. The lowest BCUT2D eigenvalue weighted by Crippen LogP contribution is -2.18. The molecule has 0 aliphatic rings. The maximum atomic E-state index is 6.16. The Kier molecular flexibility index (Phi) is 11.2. The summed E-state index contributed by atoms with van der Waals surface area (Å²) in [5.74, 6) is 4.19. The summed E-state index contributed by atoms with van der Waals surface area (Å²) in [6, 6.07) is 51.7. The van der Waals surface area contributed by atoms with Crippen molar-refractivity contribution in [2.45, 2.75) is 33.1 Å². The van der Waals surface area contributed by atoms with E-state index in [-0.39, 0.29) is 5.41 Å². The smallest absolute Gasteiger partial charge is 0.221 e. The van der Waals surface area contributed by atoms with Crippen LogP contribution in [0.5, 0.6) is 23.0 Å². The number of nitrogens with zero attached hydrogens (tertiary/aromatic N) is 2. The molecule has 6 aromatic carbocycles. The number of rotatable bonds is 12. The van der Waals surface area contributed by atoms with Gasteiger partial charge in [-0.2, -0.15) is 0 Å². The Bertz CT molecular complexity index is 1890. The molecule has 0 N–H and O–H groups in total. The topological polar surface area (TPSA) is 61.6 Å². The Morgan fingerprint density at radius 1 is 0.431 bits per heavy atom. The van der Waals surface area contributed by atoms with E-state index in [0.29, 0.717) is 25.0 Å². The maximum Gasteiger partial charge on any atom is 0.221 e. The van der Waals surface area contributed by atoms with Crippen LogP contribution in [0.25, 0.3) is 0 Å². The van der Waals surface area contributed by atoms with Gasteiger partial charge in [-0.1, -0.05) is 74.5 Å². The largest absolute Gasteiger partial charge is 0.478 e. The molecule has 0 saturated heterocycles. The molecule has 6 heteroatoms. The van der Waals surface area contributed by atoms with Crippen molar-refractivity contribution in [2.75, 3.05) is 13.2 Å². The van der Waals surface area contributed by atoms with E-state index < -0.39 is 0 Å². The van der Waals surface area contributed by atoms with Crippen molar-refractivity contribution in [3.05, 3.63) is 180 Å². The Morgan fingerprint density at radius 2 is 0.745 bits per heavy atom. The highest BCUT2D eigenvalue weighted by molar-refractivity contribution is 5.96. The second-order valence-corrected chi connectivity index (χ2v) is 12.3. The van der Waals surface area contributed by atoms with Crippen LogP contribution in [0, 0.1) is 0 Å². The van der Waals surface area contributed by atoms with Gasteiger partial charge in [-0.05, 0) is 122 Å². The van der Waals surface area contributed by atoms with Crippen LogP contribution in [0.4, 0.5) is 11.4 Å². The summed E-state index contributed by atoms with van der Waals surface area (Å²) >= 11 is 0. The SMILES string of the molecule is CCO/C(=N\c1ccc(Oc2ccc(C(C)(C)c3ccc(Oc4ccc(/N=C(\OCC)c5ccccc5)cc4)cc3)cc2)cc1)c1ccccc1. The first-order valence-corrected chi connectivity index (χ1v) is 17.2. The third-order valence-corrected chi connectivity index (χ3v) is 8.36. The number of aliphatic imine (C=N–C) groups is 2. The molecule has 0 aromatic heterocycles. The molecule has 0 saturated carbocycles. The third kappa shape index (κ3) is 9.11. The third-order valence-electron chi connectivity index (χ3n) is 8.36. The standard InChI is InChI=1S/C45H42N2O4/c1-5-48-43(33-13-9-7-10-14-33)46-37-21-29-41(30-22-37)50-39-25-17-35(18-26-39)45(3,4)36-19-27-40(28-20-36)51-42-31-23-38(24-32-42)47-44(49-6-2)34-15-11-8-12-16-34/h7-32H,5-6H2,1-4H3/b46-43-,47-44-. The average Bonchev–Trinajstić information content (AvgIpc) is 3.17. The highest BCUT2D eigenvalue weighted by Crippen LogP contribution is 2.35. The van der Waals surface area contributed by atoms with Crippen molar-refractivity contribution >= 4 is 23.2 Å². The summed E-state index contributed by atoms with van der Waals surface area (Å²) in [4.78, 5) is 9.42. The minimum Gasteiger partial charge on any atom is -0.478 e. The molecule has 6 nitrogen and oxygen atoms in total. The zero-order valence-corrected chi connectivity index (χ0v) is 29.5. The van der Waals surface area contributed by atoms with Crippen LogP contribution < -0.4 is 9.47 Å². The summed E-state index contributed by atoms with van der Waals surface area (Å²) in [7, 11) is 0. The van der Waals surface area contributed by atoms with E-state index in [9.17, 15) is 0 Å². The molecule has 0 unspecified atom stereocenters.